The van der Waals surface area contributed by atoms with E-state index in [-0.39, 0.29) is 0 Å². The molecule has 0 unspecified atom stereocenters. The van der Waals surface area contributed by atoms with Crippen molar-refractivity contribution in [2.24, 2.45) is 0 Å². The van der Waals surface area contributed by atoms with Gasteiger partial charge in [-0.15, -0.1) is 0 Å². The highest BCUT2D eigenvalue weighted by molar-refractivity contribution is 7.99. The molecule has 0 spiro atoms. The zero-order valence-corrected chi connectivity index (χ0v) is 9.46. The second-order valence-electron chi connectivity index (χ2n) is 2.83. The van der Waals surface area contributed by atoms with Crippen molar-refractivity contribution in [1.29, 1.82) is 0 Å². The van der Waals surface area contributed by atoms with Crippen LogP contribution in [0.2, 0.25) is 5.15 Å². The fraction of sp³-hybridized carbons (Fsp3) is 0.111. The topological polar surface area (TPSA) is 51.6 Å². The SMILES string of the molecule is Cc1cnc(Sc2cncc(Cl)n2)nc1. The molecular weight excluding hydrogens is 232 g/mol. The molecule has 2 heterocycles. The minimum Gasteiger partial charge on any atom is -0.259 e. The van der Waals surface area contributed by atoms with Crippen molar-refractivity contribution in [2.45, 2.75) is 17.1 Å². The van der Waals surface area contributed by atoms with Crippen molar-refractivity contribution in [1.82, 2.24) is 19.9 Å². The maximum absolute atomic E-state index is 5.71. The molecular formula is C9H7ClN4S. The second kappa shape index (κ2) is 4.55. The molecule has 0 saturated carbocycles. The molecule has 76 valence electrons. The molecule has 0 bridgehead atoms. The number of hydrogen-bond donors (Lipinski definition) is 0. The molecule has 0 aromatic carbocycles. The lowest BCUT2D eigenvalue weighted by Crippen LogP contribution is -1.88. The Balaban J connectivity index is 2.18. The standard InChI is InChI=1S/C9H7ClN4S/c1-6-2-12-9(13-3-6)15-8-5-11-4-7(10)14-8/h2-5H,1H3. The summed E-state index contributed by atoms with van der Waals surface area (Å²) < 4.78 is 0. The highest BCUT2D eigenvalue weighted by Gasteiger charge is 2.02. The van der Waals surface area contributed by atoms with E-state index < -0.39 is 0 Å². The maximum Gasteiger partial charge on any atom is 0.193 e. The molecule has 0 aliphatic heterocycles. The maximum atomic E-state index is 5.71. The van der Waals surface area contributed by atoms with E-state index in [0.717, 1.165) is 5.56 Å². The minimum atomic E-state index is 0.368. The summed E-state index contributed by atoms with van der Waals surface area (Å²) in [6, 6.07) is 0. The van der Waals surface area contributed by atoms with E-state index in [1.165, 1.54) is 18.0 Å². The van der Waals surface area contributed by atoms with Crippen LogP contribution in [0.1, 0.15) is 5.56 Å². The smallest absolute Gasteiger partial charge is 0.193 e. The molecule has 0 aliphatic rings. The van der Waals surface area contributed by atoms with Crippen LogP contribution in [0, 0.1) is 6.92 Å². The van der Waals surface area contributed by atoms with Gasteiger partial charge in [0.2, 0.25) is 0 Å². The Morgan fingerprint density at radius 2 is 1.87 bits per heavy atom. The van der Waals surface area contributed by atoms with Crippen molar-refractivity contribution in [3.63, 3.8) is 0 Å². The first-order valence-corrected chi connectivity index (χ1v) is 5.37. The summed E-state index contributed by atoms with van der Waals surface area (Å²) in [6.45, 7) is 1.94. The van der Waals surface area contributed by atoms with E-state index in [1.54, 1.807) is 18.6 Å². The molecule has 0 fully saturated rings. The molecule has 4 nitrogen and oxygen atoms in total. The van der Waals surface area contributed by atoms with Gasteiger partial charge >= 0.3 is 0 Å². The van der Waals surface area contributed by atoms with Crippen molar-refractivity contribution in [3.05, 3.63) is 35.5 Å². The van der Waals surface area contributed by atoms with Gasteiger partial charge < -0.3 is 0 Å². The van der Waals surface area contributed by atoms with E-state index in [2.05, 4.69) is 19.9 Å². The zero-order chi connectivity index (χ0) is 10.7. The van der Waals surface area contributed by atoms with Crippen molar-refractivity contribution in [2.75, 3.05) is 0 Å². The molecule has 0 atom stereocenters. The zero-order valence-electron chi connectivity index (χ0n) is 7.88. The van der Waals surface area contributed by atoms with Crippen LogP contribution in [0.5, 0.6) is 0 Å². The molecule has 6 heteroatoms. The van der Waals surface area contributed by atoms with Gasteiger partial charge in [-0.25, -0.2) is 15.0 Å². The summed E-state index contributed by atoms with van der Waals surface area (Å²) in [6.07, 6.45) is 6.63. The van der Waals surface area contributed by atoms with Gasteiger partial charge in [-0.3, -0.25) is 4.98 Å². The summed E-state index contributed by atoms with van der Waals surface area (Å²) in [5.74, 6) is 0. The molecule has 15 heavy (non-hydrogen) atoms. The average molecular weight is 239 g/mol. The molecule has 2 rings (SSSR count). The van der Waals surface area contributed by atoms with Gasteiger partial charge in [0.15, 0.2) is 5.16 Å². The molecule has 2 aromatic rings. The summed E-state index contributed by atoms with van der Waals surface area (Å²) in [7, 11) is 0. The van der Waals surface area contributed by atoms with Crippen LogP contribution in [-0.2, 0) is 0 Å². The van der Waals surface area contributed by atoms with Crippen molar-refractivity contribution < 1.29 is 0 Å². The van der Waals surface area contributed by atoms with Crippen LogP contribution in [-0.4, -0.2) is 19.9 Å². The van der Waals surface area contributed by atoms with Gasteiger partial charge in [-0.05, 0) is 24.2 Å². The summed E-state index contributed by atoms with van der Waals surface area (Å²) in [5.41, 5.74) is 1.02. The Morgan fingerprint density at radius 3 is 2.53 bits per heavy atom. The lowest BCUT2D eigenvalue weighted by molar-refractivity contribution is 0.941. The van der Waals surface area contributed by atoms with Gasteiger partial charge in [-0.2, -0.15) is 0 Å². The largest absolute Gasteiger partial charge is 0.259 e. The van der Waals surface area contributed by atoms with E-state index in [4.69, 9.17) is 11.6 Å². The van der Waals surface area contributed by atoms with Crippen molar-refractivity contribution >= 4 is 23.4 Å². The average Bonchev–Trinajstić information content (AvgIpc) is 2.22. The molecule has 2 aromatic heterocycles. The summed E-state index contributed by atoms with van der Waals surface area (Å²) in [4.78, 5) is 16.3. The van der Waals surface area contributed by atoms with E-state index >= 15 is 0 Å². The predicted octanol–water partition coefficient (Wildman–Crippen LogP) is 2.38. The first-order valence-electron chi connectivity index (χ1n) is 4.18. The minimum absolute atomic E-state index is 0.368. The molecule has 0 N–H and O–H groups in total. The number of hydrogen-bond acceptors (Lipinski definition) is 5. The van der Waals surface area contributed by atoms with Crippen LogP contribution in [0.15, 0.2) is 35.0 Å². The van der Waals surface area contributed by atoms with Crippen LogP contribution in [0.4, 0.5) is 0 Å². The number of nitrogens with zero attached hydrogens (tertiary/aromatic N) is 4. The van der Waals surface area contributed by atoms with Gasteiger partial charge in [0.25, 0.3) is 0 Å². The summed E-state index contributed by atoms with van der Waals surface area (Å²) >= 11 is 7.04. The first-order chi connectivity index (χ1) is 7.24. The van der Waals surface area contributed by atoms with Crippen LogP contribution in [0.3, 0.4) is 0 Å². The number of halogens is 1. The third-order valence-electron chi connectivity index (χ3n) is 1.54. The Kier molecular flexibility index (Phi) is 3.13. The lowest BCUT2D eigenvalue weighted by atomic mass is 10.4. The Labute approximate surface area is 96.2 Å². The quantitative estimate of drug-likeness (QED) is 0.752. The Morgan fingerprint density at radius 1 is 1.13 bits per heavy atom. The van der Waals surface area contributed by atoms with Gasteiger partial charge in [0, 0.05) is 12.4 Å². The molecule has 0 amide bonds. The van der Waals surface area contributed by atoms with E-state index in [0.29, 0.717) is 15.3 Å². The van der Waals surface area contributed by atoms with Crippen LogP contribution < -0.4 is 0 Å². The first kappa shape index (κ1) is 10.3. The third kappa shape index (κ3) is 2.87. The van der Waals surface area contributed by atoms with Gasteiger partial charge in [0.05, 0.1) is 12.4 Å². The number of aromatic nitrogens is 4. The normalized spacial score (nSPS) is 10.3. The van der Waals surface area contributed by atoms with Crippen LogP contribution in [0.25, 0.3) is 0 Å². The summed E-state index contributed by atoms with van der Waals surface area (Å²) in [5, 5.41) is 1.69. The van der Waals surface area contributed by atoms with E-state index in [1.807, 2.05) is 6.92 Å². The van der Waals surface area contributed by atoms with Gasteiger partial charge in [-0.1, -0.05) is 11.6 Å². The molecule has 0 radical (unpaired) electrons. The predicted molar refractivity (Wildman–Crippen MR) is 57.9 cm³/mol. The number of aryl methyl sites for hydroxylation is 1. The fourth-order valence-electron chi connectivity index (χ4n) is 0.902. The molecule has 0 aliphatic carbocycles. The highest BCUT2D eigenvalue weighted by atomic mass is 35.5. The number of rotatable bonds is 2. The van der Waals surface area contributed by atoms with E-state index in [9.17, 15) is 0 Å². The monoisotopic (exact) mass is 238 g/mol. The lowest BCUT2D eigenvalue weighted by Gasteiger charge is -1.98. The third-order valence-corrected chi connectivity index (χ3v) is 2.52. The highest BCUT2D eigenvalue weighted by Crippen LogP contribution is 2.22. The Bertz CT molecular complexity index is 460. The van der Waals surface area contributed by atoms with Crippen LogP contribution >= 0.6 is 23.4 Å². The Hall–Kier alpha value is -1.20. The van der Waals surface area contributed by atoms with Crippen molar-refractivity contribution in [3.8, 4) is 0 Å². The molecule has 0 saturated heterocycles. The second-order valence-corrected chi connectivity index (χ2v) is 4.20. The fourth-order valence-corrected chi connectivity index (χ4v) is 1.75. The van der Waals surface area contributed by atoms with Gasteiger partial charge in [0.1, 0.15) is 10.2 Å².